The van der Waals surface area contributed by atoms with Gasteiger partial charge in [0.25, 0.3) is 0 Å². The average molecular weight is 398 g/mol. The first-order chi connectivity index (χ1) is 13.0. The molecule has 2 rings (SSSR count). The Balaban J connectivity index is 2.39. The lowest BCUT2D eigenvalue weighted by Crippen LogP contribution is -2.45. The molecule has 0 bridgehead atoms. The Labute approximate surface area is 168 Å². The number of carbonyl (C=O) groups is 3. The number of thioether (sulfide) groups is 1. The van der Waals surface area contributed by atoms with Gasteiger partial charge in [-0.25, -0.2) is 0 Å². The third-order valence-electron chi connectivity index (χ3n) is 5.03. The third kappa shape index (κ3) is 3.48. The van der Waals surface area contributed by atoms with Gasteiger partial charge in [0.1, 0.15) is 5.92 Å². The minimum absolute atomic E-state index is 0.121. The van der Waals surface area contributed by atoms with Crippen LogP contribution in [0, 0.1) is 47.8 Å². The molecule has 0 saturated heterocycles. The van der Waals surface area contributed by atoms with Crippen molar-refractivity contribution in [1.82, 2.24) is 10.3 Å². The van der Waals surface area contributed by atoms with Crippen LogP contribution in [0.2, 0.25) is 0 Å². The second kappa shape index (κ2) is 7.65. The first kappa shape index (κ1) is 21.5. The van der Waals surface area contributed by atoms with Gasteiger partial charge in [0.15, 0.2) is 11.6 Å². The first-order valence-electron chi connectivity index (χ1n) is 8.73. The molecule has 2 N–H and O–H groups in total. The number of nitrogens with zero attached hydrogens (tertiary/aromatic N) is 2. The zero-order chi connectivity index (χ0) is 21.4. The number of H-pyrrole nitrogens is 1. The monoisotopic (exact) mass is 398 g/mol. The maximum atomic E-state index is 13.0. The summed E-state index contributed by atoms with van der Waals surface area (Å²) in [6.07, 6.45) is 0. The SMILES string of the molecule is CC(=O)c1c(C)[nH]c(C(=O)[C@@H](C)SC2=C(C#N)C(C)(C)[C@@H](C#N)C(=O)N2)c1C. The van der Waals surface area contributed by atoms with Gasteiger partial charge in [0.2, 0.25) is 5.91 Å². The van der Waals surface area contributed by atoms with Crippen LogP contribution in [0.3, 0.4) is 0 Å². The molecule has 0 aliphatic carbocycles. The van der Waals surface area contributed by atoms with Gasteiger partial charge in [0, 0.05) is 16.7 Å². The van der Waals surface area contributed by atoms with Crippen molar-refractivity contribution in [2.24, 2.45) is 11.3 Å². The van der Waals surface area contributed by atoms with E-state index in [9.17, 15) is 24.9 Å². The van der Waals surface area contributed by atoms with Gasteiger partial charge < -0.3 is 10.3 Å². The molecule has 8 heteroatoms. The number of hydrogen-bond acceptors (Lipinski definition) is 6. The van der Waals surface area contributed by atoms with Gasteiger partial charge in [-0.1, -0.05) is 25.6 Å². The van der Waals surface area contributed by atoms with Crippen LogP contribution < -0.4 is 5.32 Å². The summed E-state index contributed by atoms with van der Waals surface area (Å²) in [5.74, 6) is -1.83. The molecule has 1 aromatic heterocycles. The second-order valence-electron chi connectivity index (χ2n) is 7.39. The van der Waals surface area contributed by atoms with E-state index in [-0.39, 0.29) is 22.2 Å². The third-order valence-corrected chi connectivity index (χ3v) is 6.14. The zero-order valence-electron chi connectivity index (χ0n) is 16.7. The minimum atomic E-state index is -0.982. The van der Waals surface area contributed by atoms with E-state index in [1.54, 1.807) is 34.6 Å². The molecule has 1 amide bonds. The smallest absolute Gasteiger partial charge is 0.243 e. The quantitative estimate of drug-likeness (QED) is 0.734. The van der Waals surface area contributed by atoms with Crippen LogP contribution in [-0.4, -0.2) is 27.7 Å². The topological polar surface area (TPSA) is 127 Å². The van der Waals surface area contributed by atoms with Crippen molar-refractivity contribution >= 4 is 29.2 Å². The summed E-state index contributed by atoms with van der Waals surface area (Å²) >= 11 is 1.07. The molecule has 0 saturated carbocycles. The van der Waals surface area contributed by atoms with Gasteiger partial charge in [-0.2, -0.15) is 10.5 Å². The van der Waals surface area contributed by atoms with Crippen molar-refractivity contribution in [2.75, 3.05) is 0 Å². The van der Waals surface area contributed by atoms with Gasteiger partial charge in [-0.3, -0.25) is 14.4 Å². The maximum absolute atomic E-state index is 13.0. The number of amides is 1. The highest BCUT2D eigenvalue weighted by molar-refractivity contribution is 8.04. The van der Waals surface area contributed by atoms with Gasteiger partial charge in [-0.15, -0.1) is 0 Å². The number of aryl methyl sites for hydroxylation is 1. The standard InChI is InChI=1S/C20H22N4O3S/c1-9-15(11(3)25)10(2)23-16(9)17(26)12(4)28-19-14(8-22)20(5,6)13(7-21)18(27)24-19/h12-13,23H,1-6H3,(H,24,27)/t12-,13+/m1/s1. The number of allylic oxidation sites excluding steroid dienone is 1. The Morgan fingerprint density at radius 2 is 1.86 bits per heavy atom. The zero-order valence-corrected chi connectivity index (χ0v) is 17.5. The highest BCUT2D eigenvalue weighted by Gasteiger charge is 2.45. The molecule has 146 valence electrons. The van der Waals surface area contributed by atoms with E-state index in [4.69, 9.17) is 0 Å². The summed E-state index contributed by atoms with van der Waals surface area (Å²) < 4.78 is 0. The molecular formula is C20H22N4O3S. The van der Waals surface area contributed by atoms with E-state index >= 15 is 0 Å². The second-order valence-corrected chi connectivity index (χ2v) is 8.75. The number of rotatable bonds is 5. The minimum Gasteiger partial charge on any atom is -0.355 e. The molecule has 1 aromatic rings. The number of nitriles is 2. The molecule has 7 nitrogen and oxygen atoms in total. The van der Waals surface area contributed by atoms with Crippen LogP contribution in [-0.2, 0) is 4.79 Å². The number of ketones is 2. The Bertz CT molecular complexity index is 988. The molecule has 0 aromatic carbocycles. The normalized spacial score (nSPS) is 19.4. The number of Topliss-reactive ketones (excluding diaryl/α,β-unsaturated/α-hetero) is 2. The van der Waals surface area contributed by atoms with Gasteiger partial charge in [0.05, 0.1) is 33.7 Å². The van der Waals surface area contributed by atoms with E-state index in [2.05, 4.69) is 16.4 Å². The van der Waals surface area contributed by atoms with E-state index in [1.807, 2.05) is 6.07 Å². The number of hydrogen-bond donors (Lipinski definition) is 2. The average Bonchev–Trinajstić information content (AvgIpc) is 2.88. The maximum Gasteiger partial charge on any atom is 0.243 e. The predicted octanol–water partition coefficient (Wildman–Crippen LogP) is 3.17. The number of carbonyl (C=O) groups excluding carboxylic acids is 3. The van der Waals surface area contributed by atoms with E-state index < -0.39 is 22.5 Å². The molecule has 28 heavy (non-hydrogen) atoms. The molecule has 2 heterocycles. The van der Waals surface area contributed by atoms with Crippen LogP contribution in [0.5, 0.6) is 0 Å². The van der Waals surface area contributed by atoms with E-state index in [0.29, 0.717) is 22.5 Å². The van der Waals surface area contributed by atoms with Crippen molar-refractivity contribution in [3.63, 3.8) is 0 Å². The highest BCUT2D eigenvalue weighted by Crippen LogP contribution is 2.43. The first-order valence-corrected chi connectivity index (χ1v) is 9.61. The Hall–Kier alpha value is -2.84. The van der Waals surface area contributed by atoms with Gasteiger partial charge >= 0.3 is 0 Å². The van der Waals surface area contributed by atoms with Crippen LogP contribution >= 0.6 is 11.8 Å². The lowest BCUT2D eigenvalue weighted by atomic mass is 9.72. The summed E-state index contributed by atoms with van der Waals surface area (Å²) in [5.41, 5.74) is 1.38. The van der Waals surface area contributed by atoms with Gasteiger partial charge in [-0.05, 0) is 33.3 Å². The lowest BCUT2D eigenvalue weighted by molar-refractivity contribution is -0.125. The van der Waals surface area contributed by atoms with Crippen LogP contribution in [0.4, 0.5) is 0 Å². The van der Waals surface area contributed by atoms with Crippen molar-refractivity contribution in [3.05, 3.63) is 33.1 Å². The molecule has 1 aliphatic heterocycles. The highest BCUT2D eigenvalue weighted by atomic mass is 32.2. The Kier molecular flexibility index (Phi) is 5.86. The fraction of sp³-hybridized carbons (Fsp3) is 0.450. The lowest BCUT2D eigenvalue weighted by Gasteiger charge is -2.35. The number of aromatic nitrogens is 1. The fourth-order valence-electron chi connectivity index (χ4n) is 3.47. The molecular weight excluding hydrogens is 376 g/mol. The number of aromatic amines is 1. The molecule has 2 atom stereocenters. The van der Waals surface area contributed by atoms with Crippen LogP contribution in [0.1, 0.15) is 59.8 Å². The molecule has 0 fully saturated rings. The summed E-state index contributed by atoms with van der Waals surface area (Å²) in [5, 5.41) is 21.2. The van der Waals surface area contributed by atoms with Crippen molar-refractivity contribution in [2.45, 2.75) is 46.8 Å². The molecule has 1 aliphatic rings. The van der Waals surface area contributed by atoms with Crippen LogP contribution in [0.25, 0.3) is 0 Å². The summed E-state index contributed by atoms with van der Waals surface area (Å²) in [6, 6.07) is 4.03. The molecule has 0 spiro atoms. The van der Waals surface area contributed by atoms with Crippen molar-refractivity contribution in [3.8, 4) is 12.1 Å². The Morgan fingerprint density at radius 3 is 2.32 bits per heavy atom. The predicted molar refractivity (Wildman–Crippen MR) is 105 cm³/mol. The van der Waals surface area contributed by atoms with Crippen LogP contribution in [0.15, 0.2) is 10.6 Å². The summed E-state index contributed by atoms with van der Waals surface area (Å²) in [4.78, 5) is 40.0. The summed E-state index contributed by atoms with van der Waals surface area (Å²) in [6.45, 7) is 9.92. The fourth-order valence-corrected chi connectivity index (χ4v) is 4.64. The molecule has 0 radical (unpaired) electrons. The Morgan fingerprint density at radius 1 is 1.25 bits per heavy atom. The van der Waals surface area contributed by atoms with Crippen molar-refractivity contribution in [1.29, 1.82) is 10.5 Å². The van der Waals surface area contributed by atoms with Crippen molar-refractivity contribution < 1.29 is 14.4 Å². The van der Waals surface area contributed by atoms with E-state index in [0.717, 1.165) is 11.8 Å². The van der Waals surface area contributed by atoms with E-state index in [1.165, 1.54) is 6.92 Å². The molecule has 0 unspecified atom stereocenters. The summed E-state index contributed by atoms with van der Waals surface area (Å²) in [7, 11) is 0. The number of nitrogens with one attached hydrogen (secondary N) is 2. The largest absolute Gasteiger partial charge is 0.355 e.